The van der Waals surface area contributed by atoms with E-state index < -0.39 is 0 Å². The number of aliphatic hydroxyl groups is 1. The first-order valence-corrected chi connectivity index (χ1v) is 6.03. The number of amides is 1. The third kappa shape index (κ3) is 2.21. The second kappa shape index (κ2) is 4.69. The molecule has 0 bridgehead atoms. The number of hydrogen-bond donors (Lipinski definition) is 3. The van der Waals surface area contributed by atoms with Crippen molar-refractivity contribution in [1.29, 1.82) is 0 Å². The number of aliphatic hydroxyl groups excluding tert-OH is 1. The van der Waals surface area contributed by atoms with Crippen molar-refractivity contribution in [1.82, 2.24) is 10.3 Å². The highest BCUT2D eigenvalue weighted by molar-refractivity contribution is 5.75. The first-order chi connectivity index (χ1) is 7.61. The summed E-state index contributed by atoms with van der Waals surface area (Å²) in [7, 11) is 0. The summed E-state index contributed by atoms with van der Waals surface area (Å²) in [5.41, 5.74) is 2.16. The lowest BCUT2D eigenvalue weighted by atomic mass is 10.00. The Morgan fingerprint density at radius 2 is 2.31 bits per heavy atom. The quantitative estimate of drug-likeness (QED) is 0.344. The third-order valence-electron chi connectivity index (χ3n) is 4.11. The fourth-order valence-electron chi connectivity index (χ4n) is 3.09. The van der Waals surface area contributed by atoms with Crippen LogP contribution in [0.4, 0.5) is 0 Å². The van der Waals surface area contributed by atoms with Crippen molar-refractivity contribution in [2.24, 2.45) is 17.7 Å². The minimum Gasteiger partial charge on any atom is -0.393 e. The van der Waals surface area contributed by atoms with E-state index in [2.05, 4.69) is 10.3 Å². The molecule has 2 rings (SSSR count). The molecule has 0 radical (unpaired) electrons. The van der Waals surface area contributed by atoms with Gasteiger partial charge in [-0.15, -0.1) is 0 Å². The van der Waals surface area contributed by atoms with E-state index in [1.165, 1.54) is 0 Å². The largest absolute Gasteiger partial charge is 0.393 e. The number of likely N-dealkylation sites (tertiary alicyclic amines) is 1. The molecule has 1 saturated heterocycles. The first-order valence-electron chi connectivity index (χ1n) is 6.03. The predicted octanol–water partition coefficient (Wildman–Crippen LogP) is -0.542. The van der Waals surface area contributed by atoms with Crippen LogP contribution in [0.15, 0.2) is 0 Å². The molecular weight excluding hydrogens is 206 g/mol. The molecule has 2 fully saturated rings. The zero-order valence-corrected chi connectivity index (χ0v) is 9.72. The van der Waals surface area contributed by atoms with Crippen LogP contribution in [0.1, 0.15) is 26.2 Å². The summed E-state index contributed by atoms with van der Waals surface area (Å²) in [5.74, 6) is 6.00. The molecule has 0 aromatic heterocycles. The molecule has 5 nitrogen and oxygen atoms in total. The highest BCUT2D eigenvalue weighted by atomic mass is 16.3. The van der Waals surface area contributed by atoms with Gasteiger partial charge in [0.1, 0.15) is 0 Å². The van der Waals surface area contributed by atoms with Crippen molar-refractivity contribution in [3.05, 3.63) is 0 Å². The van der Waals surface area contributed by atoms with Crippen LogP contribution in [0, 0.1) is 11.8 Å². The van der Waals surface area contributed by atoms with Gasteiger partial charge in [-0.1, -0.05) is 0 Å². The number of rotatable bonds is 3. The van der Waals surface area contributed by atoms with Gasteiger partial charge in [0.25, 0.3) is 0 Å². The van der Waals surface area contributed by atoms with Crippen LogP contribution >= 0.6 is 0 Å². The lowest BCUT2D eigenvalue weighted by Crippen LogP contribution is -2.39. The Kier molecular flexibility index (Phi) is 3.47. The predicted molar refractivity (Wildman–Crippen MR) is 60.2 cm³/mol. The molecule has 1 aliphatic carbocycles. The molecule has 1 saturated carbocycles. The standard InChI is InChI=1S/C11H21N3O2/c1-7(4-11(16)13-12)14-5-8-2-3-10(15)9(8)6-14/h7-10,15H,2-6,12H2,1H3,(H,13,16). The van der Waals surface area contributed by atoms with Crippen molar-refractivity contribution in [3.63, 3.8) is 0 Å². The van der Waals surface area contributed by atoms with Crippen molar-refractivity contribution < 1.29 is 9.90 Å². The van der Waals surface area contributed by atoms with E-state index in [0.717, 1.165) is 25.9 Å². The highest BCUT2D eigenvalue weighted by Crippen LogP contribution is 2.38. The first kappa shape index (κ1) is 11.8. The summed E-state index contributed by atoms with van der Waals surface area (Å²) >= 11 is 0. The number of hydrazine groups is 1. The summed E-state index contributed by atoms with van der Waals surface area (Å²) in [4.78, 5) is 13.5. The third-order valence-corrected chi connectivity index (χ3v) is 4.11. The maximum Gasteiger partial charge on any atom is 0.235 e. The fraction of sp³-hybridized carbons (Fsp3) is 0.909. The van der Waals surface area contributed by atoms with Crippen molar-refractivity contribution in [3.8, 4) is 0 Å². The average molecular weight is 227 g/mol. The number of nitrogens with two attached hydrogens (primary N) is 1. The minimum atomic E-state index is -0.134. The molecule has 5 heteroatoms. The Hall–Kier alpha value is -0.650. The Balaban J connectivity index is 1.86. The van der Waals surface area contributed by atoms with Crippen LogP contribution in [0.25, 0.3) is 0 Å². The zero-order valence-electron chi connectivity index (χ0n) is 9.72. The normalized spacial score (nSPS) is 36.1. The van der Waals surface area contributed by atoms with E-state index in [-0.39, 0.29) is 18.1 Å². The molecular formula is C11H21N3O2. The molecule has 4 N–H and O–H groups in total. The lowest BCUT2D eigenvalue weighted by molar-refractivity contribution is -0.122. The van der Waals surface area contributed by atoms with Crippen LogP contribution in [0.2, 0.25) is 0 Å². The molecule has 1 heterocycles. The Labute approximate surface area is 96.0 Å². The average Bonchev–Trinajstić information content (AvgIpc) is 2.81. The molecule has 16 heavy (non-hydrogen) atoms. The zero-order chi connectivity index (χ0) is 11.7. The van der Waals surface area contributed by atoms with Gasteiger partial charge in [0.15, 0.2) is 0 Å². The van der Waals surface area contributed by atoms with Gasteiger partial charge in [0.2, 0.25) is 5.91 Å². The Bertz CT molecular complexity index is 272. The minimum absolute atomic E-state index is 0.120. The van der Waals surface area contributed by atoms with Gasteiger partial charge in [0.05, 0.1) is 6.10 Å². The molecule has 1 aliphatic heterocycles. The van der Waals surface area contributed by atoms with Crippen LogP contribution in [-0.4, -0.2) is 41.1 Å². The topological polar surface area (TPSA) is 78.6 Å². The van der Waals surface area contributed by atoms with Gasteiger partial charge in [-0.05, 0) is 25.7 Å². The summed E-state index contributed by atoms with van der Waals surface area (Å²) in [5, 5.41) is 9.80. The molecule has 1 amide bonds. The Morgan fingerprint density at radius 1 is 1.56 bits per heavy atom. The number of fused-ring (bicyclic) bond motifs is 1. The maximum atomic E-state index is 11.2. The number of carbonyl (C=O) groups is 1. The van der Waals surface area contributed by atoms with Gasteiger partial charge >= 0.3 is 0 Å². The SMILES string of the molecule is CC(CC(=O)NN)N1CC2CCC(O)C2C1. The van der Waals surface area contributed by atoms with Gasteiger partial charge in [0, 0.05) is 31.5 Å². The highest BCUT2D eigenvalue weighted by Gasteiger charge is 2.42. The molecule has 4 atom stereocenters. The molecule has 0 aromatic carbocycles. The number of hydrogen-bond acceptors (Lipinski definition) is 4. The summed E-state index contributed by atoms with van der Waals surface area (Å²) in [6.07, 6.45) is 2.37. The monoisotopic (exact) mass is 227 g/mol. The summed E-state index contributed by atoms with van der Waals surface area (Å²) < 4.78 is 0. The van der Waals surface area contributed by atoms with Gasteiger partial charge in [-0.2, -0.15) is 0 Å². The fourth-order valence-corrected chi connectivity index (χ4v) is 3.09. The van der Waals surface area contributed by atoms with Gasteiger partial charge in [-0.3, -0.25) is 15.1 Å². The van der Waals surface area contributed by atoms with E-state index in [1.54, 1.807) is 0 Å². The van der Waals surface area contributed by atoms with Crippen molar-refractivity contribution in [2.75, 3.05) is 13.1 Å². The molecule has 92 valence electrons. The van der Waals surface area contributed by atoms with Crippen LogP contribution < -0.4 is 11.3 Å². The van der Waals surface area contributed by atoms with Gasteiger partial charge in [-0.25, -0.2) is 5.84 Å². The number of nitrogens with one attached hydrogen (secondary N) is 1. The number of nitrogens with zero attached hydrogens (tertiary/aromatic N) is 1. The van der Waals surface area contributed by atoms with Crippen molar-refractivity contribution >= 4 is 5.91 Å². The van der Waals surface area contributed by atoms with Crippen LogP contribution in [0.3, 0.4) is 0 Å². The molecule has 0 spiro atoms. The van der Waals surface area contributed by atoms with E-state index >= 15 is 0 Å². The van der Waals surface area contributed by atoms with Crippen molar-refractivity contribution in [2.45, 2.75) is 38.3 Å². The molecule has 2 aliphatic rings. The van der Waals surface area contributed by atoms with Crippen LogP contribution in [-0.2, 0) is 4.79 Å². The van der Waals surface area contributed by atoms with E-state index in [9.17, 15) is 9.90 Å². The summed E-state index contributed by atoms with van der Waals surface area (Å²) in [6.45, 7) is 3.98. The molecule has 4 unspecified atom stereocenters. The number of carbonyl (C=O) groups excluding carboxylic acids is 1. The second-order valence-corrected chi connectivity index (χ2v) is 5.14. The summed E-state index contributed by atoms with van der Waals surface area (Å²) in [6, 6.07) is 0.210. The van der Waals surface area contributed by atoms with Gasteiger partial charge < -0.3 is 5.11 Å². The molecule has 0 aromatic rings. The van der Waals surface area contributed by atoms with E-state index in [0.29, 0.717) is 18.3 Å². The van der Waals surface area contributed by atoms with E-state index in [4.69, 9.17) is 5.84 Å². The second-order valence-electron chi connectivity index (χ2n) is 5.14. The lowest BCUT2D eigenvalue weighted by Gasteiger charge is -2.24. The van der Waals surface area contributed by atoms with E-state index in [1.807, 2.05) is 6.92 Å². The Morgan fingerprint density at radius 3 is 2.94 bits per heavy atom. The maximum absolute atomic E-state index is 11.2. The van der Waals surface area contributed by atoms with Crippen LogP contribution in [0.5, 0.6) is 0 Å². The smallest absolute Gasteiger partial charge is 0.235 e.